The van der Waals surface area contributed by atoms with Crippen molar-refractivity contribution in [3.05, 3.63) is 47.7 Å². The summed E-state index contributed by atoms with van der Waals surface area (Å²) in [4.78, 5) is 15.8. The van der Waals surface area contributed by atoms with E-state index in [-0.39, 0.29) is 30.0 Å². The number of hydrogen-bond acceptors (Lipinski definition) is 5. The molecule has 0 radical (unpaired) electrons. The van der Waals surface area contributed by atoms with Crippen LogP contribution in [0.2, 0.25) is 0 Å². The fourth-order valence-electron chi connectivity index (χ4n) is 2.23. The van der Waals surface area contributed by atoms with Gasteiger partial charge in [-0.1, -0.05) is 6.07 Å². The number of alkyl halides is 5. The Hall–Kier alpha value is -2.56. The molecule has 0 aliphatic rings. The fraction of sp³-hybridized carbons (Fsp3) is 0.294. The van der Waals surface area contributed by atoms with Gasteiger partial charge in [-0.25, -0.2) is 4.98 Å². The number of pyridine rings is 1. The molecule has 11 heteroatoms. The average molecular weight is 422 g/mol. The molecule has 1 N–H and O–H groups in total. The molecule has 28 heavy (non-hydrogen) atoms. The van der Waals surface area contributed by atoms with Crippen molar-refractivity contribution in [2.24, 2.45) is 0 Å². The summed E-state index contributed by atoms with van der Waals surface area (Å²) in [7, 11) is 1.30. The summed E-state index contributed by atoms with van der Waals surface area (Å²) >= 11 is -0.476. The number of carbonyl (C=O) groups excluding carboxylic acids is 1. The lowest BCUT2D eigenvalue weighted by molar-refractivity contribution is -0.0512. The number of hydrogen-bond donors (Lipinski definition) is 1. The highest BCUT2D eigenvalue weighted by Gasteiger charge is 2.32. The summed E-state index contributed by atoms with van der Waals surface area (Å²) in [6.07, 6.45) is 1.39. The van der Waals surface area contributed by atoms with Gasteiger partial charge in [-0.05, 0) is 36.2 Å². The van der Waals surface area contributed by atoms with Crippen LogP contribution in [-0.2, 0) is 6.42 Å². The van der Waals surface area contributed by atoms with E-state index in [2.05, 4.69) is 15.0 Å². The Bertz CT molecular complexity index is 818. The second-order valence-corrected chi connectivity index (χ2v) is 6.33. The van der Waals surface area contributed by atoms with Gasteiger partial charge < -0.3 is 14.8 Å². The van der Waals surface area contributed by atoms with E-state index in [9.17, 15) is 26.7 Å². The van der Waals surface area contributed by atoms with Gasteiger partial charge in [-0.2, -0.15) is 22.0 Å². The number of carbonyl (C=O) groups is 1. The maximum atomic E-state index is 12.6. The molecule has 0 unspecified atom stereocenters. The minimum Gasteiger partial charge on any atom is -0.493 e. The van der Waals surface area contributed by atoms with E-state index < -0.39 is 34.8 Å². The predicted molar refractivity (Wildman–Crippen MR) is 91.8 cm³/mol. The van der Waals surface area contributed by atoms with E-state index in [1.165, 1.54) is 31.4 Å². The summed E-state index contributed by atoms with van der Waals surface area (Å²) < 4.78 is 71.9. The largest absolute Gasteiger partial charge is 0.493 e. The Morgan fingerprint density at radius 3 is 2.64 bits per heavy atom. The molecule has 0 saturated heterocycles. The van der Waals surface area contributed by atoms with Gasteiger partial charge in [-0.15, -0.1) is 0 Å². The number of ether oxygens (including phenoxy) is 2. The lowest BCUT2D eigenvalue weighted by Crippen LogP contribution is -2.26. The van der Waals surface area contributed by atoms with Gasteiger partial charge in [-0.3, -0.25) is 4.79 Å². The number of rotatable bonds is 8. The van der Waals surface area contributed by atoms with Crippen LogP contribution < -0.4 is 14.8 Å². The third-order valence-electron chi connectivity index (χ3n) is 3.37. The zero-order chi connectivity index (χ0) is 20.7. The van der Waals surface area contributed by atoms with E-state index >= 15 is 0 Å². The molecule has 0 atom stereocenters. The van der Waals surface area contributed by atoms with E-state index in [0.29, 0.717) is 5.56 Å². The van der Waals surface area contributed by atoms with Crippen molar-refractivity contribution in [2.45, 2.75) is 23.6 Å². The van der Waals surface area contributed by atoms with Gasteiger partial charge in [0.25, 0.3) is 5.91 Å². The molecule has 2 aromatic rings. The first-order valence-corrected chi connectivity index (χ1v) is 8.62. The Balaban J connectivity index is 2.01. The molecule has 152 valence electrons. The molecule has 0 aliphatic heterocycles. The molecular formula is C17H15F5N2O3S. The van der Waals surface area contributed by atoms with Crippen LogP contribution in [0.25, 0.3) is 0 Å². The molecule has 1 aromatic carbocycles. The zero-order valence-electron chi connectivity index (χ0n) is 14.4. The number of nitrogens with zero attached hydrogens (tertiary/aromatic N) is 1. The number of aromatic nitrogens is 1. The molecule has 0 saturated carbocycles. The summed E-state index contributed by atoms with van der Waals surface area (Å²) in [6.45, 7) is -2.97. The van der Waals surface area contributed by atoms with Gasteiger partial charge in [0.2, 0.25) is 0 Å². The van der Waals surface area contributed by atoms with Gasteiger partial charge in [0.1, 0.15) is 5.03 Å². The molecule has 0 bridgehead atoms. The van der Waals surface area contributed by atoms with E-state index in [1.54, 1.807) is 6.07 Å². The number of nitrogens with one attached hydrogen (secondary N) is 1. The molecule has 1 aromatic heterocycles. The van der Waals surface area contributed by atoms with Crippen LogP contribution in [0.1, 0.15) is 15.9 Å². The molecule has 1 heterocycles. The lowest BCUT2D eigenvalue weighted by Gasteiger charge is -2.12. The number of thioether (sulfide) groups is 1. The second-order valence-electron chi connectivity index (χ2n) is 5.27. The summed E-state index contributed by atoms with van der Waals surface area (Å²) in [5.74, 6) is -0.757. The normalized spacial score (nSPS) is 11.4. The van der Waals surface area contributed by atoms with Crippen LogP contribution in [0.4, 0.5) is 22.0 Å². The maximum Gasteiger partial charge on any atom is 0.447 e. The number of amides is 1. The first-order valence-electron chi connectivity index (χ1n) is 7.80. The Labute approximate surface area is 161 Å². The average Bonchev–Trinajstić information content (AvgIpc) is 2.60. The summed E-state index contributed by atoms with van der Waals surface area (Å²) in [5.41, 5.74) is -4.22. The summed E-state index contributed by atoms with van der Waals surface area (Å²) in [6, 6.07) is 6.96. The smallest absolute Gasteiger partial charge is 0.447 e. The first-order chi connectivity index (χ1) is 13.2. The van der Waals surface area contributed by atoms with Gasteiger partial charge in [0.15, 0.2) is 11.5 Å². The summed E-state index contributed by atoms with van der Waals surface area (Å²) in [5, 5.41) is 2.03. The fourth-order valence-corrected chi connectivity index (χ4v) is 2.84. The highest BCUT2D eigenvalue weighted by atomic mass is 32.2. The standard InChI is InChI=1S/C17H15F5N2O3S/c1-26-12-5-4-10(9-13(12)27-16(18)19)6-8-23-14(25)11-3-2-7-24-15(11)28-17(20,21)22/h2-5,7,9,16H,6,8H2,1H3,(H,23,25). The van der Waals surface area contributed by atoms with E-state index in [1.807, 2.05) is 0 Å². The molecule has 0 fully saturated rings. The van der Waals surface area contributed by atoms with Crippen LogP contribution in [0.3, 0.4) is 0 Å². The molecular weight excluding hydrogens is 407 g/mol. The zero-order valence-corrected chi connectivity index (χ0v) is 15.2. The quantitative estimate of drug-likeness (QED) is 0.509. The van der Waals surface area contributed by atoms with E-state index in [4.69, 9.17) is 4.74 Å². The predicted octanol–water partition coefficient (Wildman–Crippen LogP) is 4.28. The first kappa shape index (κ1) is 21.7. The van der Waals surface area contributed by atoms with Crippen LogP contribution in [0, 0.1) is 0 Å². The SMILES string of the molecule is COc1ccc(CCNC(=O)c2cccnc2SC(F)(F)F)cc1OC(F)F. The van der Waals surface area contributed by atoms with Gasteiger partial charge >= 0.3 is 12.1 Å². The van der Waals surface area contributed by atoms with E-state index in [0.717, 1.165) is 6.20 Å². The van der Waals surface area contributed by atoms with Crippen molar-refractivity contribution in [1.82, 2.24) is 10.3 Å². The van der Waals surface area contributed by atoms with Crippen molar-refractivity contribution >= 4 is 17.7 Å². The minimum absolute atomic E-state index is 0.0598. The van der Waals surface area contributed by atoms with Gasteiger partial charge in [0.05, 0.1) is 12.7 Å². The number of methoxy groups -OCH3 is 1. The lowest BCUT2D eigenvalue weighted by atomic mass is 10.1. The Kier molecular flexibility index (Phi) is 7.44. The van der Waals surface area contributed by atoms with Crippen molar-refractivity contribution in [3.63, 3.8) is 0 Å². The minimum atomic E-state index is -4.58. The van der Waals surface area contributed by atoms with Crippen LogP contribution in [0.5, 0.6) is 11.5 Å². The van der Waals surface area contributed by atoms with Crippen molar-refractivity contribution in [2.75, 3.05) is 13.7 Å². The van der Waals surface area contributed by atoms with Crippen molar-refractivity contribution in [3.8, 4) is 11.5 Å². The Morgan fingerprint density at radius 1 is 1.25 bits per heavy atom. The highest BCUT2D eigenvalue weighted by Crippen LogP contribution is 2.37. The highest BCUT2D eigenvalue weighted by molar-refractivity contribution is 8.00. The van der Waals surface area contributed by atoms with Crippen molar-refractivity contribution < 1.29 is 36.2 Å². The van der Waals surface area contributed by atoms with Crippen LogP contribution in [0.15, 0.2) is 41.6 Å². The molecule has 5 nitrogen and oxygen atoms in total. The second kappa shape index (κ2) is 9.58. The number of benzene rings is 1. The van der Waals surface area contributed by atoms with Crippen LogP contribution >= 0.6 is 11.8 Å². The third kappa shape index (κ3) is 6.55. The third-order valence-corrected chi connectivity index (χ3v) is 4.12. The molecule has 0 spiro atoms. The maximum absolute atomic E-state index is 12.6. The van der Waals surface area contributed by atoms with Crippen molar-refractivity contribution in [1.29, 1.82) is 0 Å². The molecule has 0 aliphatic carbocycles. The van der Waals surface area contributed by atoms with Gasteiger partial charge in [0, 0.05) is 24.5 Å². The molecule has 2 rings (SSSR count). The molecule has 1 amide bonds. The topological polar surface area (TPSA) is 60.5 Å². The monoisotopic (exact) mass is 422 g/mol. The van der Waals surface area contributed by atoms with Crippen LogP contribution in [-0.4, -0.2) is 36.7 Å². The number of halogens is 5. The Morgan fingerprint density at radius 2 is 2.00 bits per heavy atom.